The van der Waals surface area contributed by atoms with Gasteiger partial charge in [0.25, 0.3) is 0 Å². The summed E-state index contributed by atoms with van der Waals surface area (Å²) in [4.78, 5) is 5.78. The molecule has 0 radical (unpaired) electrons. The van der Waals surface area contributed by atoms with Crippen LogP contribution in [0.4, 0.5) is 11.9 Å². The first-order valence-electron chi connectivity index (χ1n) is 4.68. The second-order valence-corrected chi connectivity index (χ2v) is 4.13. The molecule has 0 fully saturated rings. The van der Waals surface area contributed by atoms with Crippen LogP contribution in [0.25, 0.3) is 0 Å². The fourth-order valence-electron chi connectivity index (χ4n) is 1.36. The van der Waals surface area contributed by atoms with E-state index >= 15 is 0 Å². The van der Waals surface area contributed by atoms with Crippen molar-refractivity contribution in [2.45, 2.75) is 12.5 Å². The third-order valence-corrected chi connectivity index (χ3v) is 1.79. The van der Waals surface area contributed by atoms with Gasteiger partial charge in [-0.25, -0.2) is 5.10 Å². The first-order chi connectivity index (χ1) is 6.89. The summed E-state index contributed by atoms with van der Waals surface area (Å²) in [6.07, 6.45) is 0. The number of aromatic amines is 1. The molecule has 0 saturated heterocycles. The van der Waals surface area contributed by atoms with Gasteiger partial charge >= 0.3 is 0 Å². The highest BCUT2D eigenvalue weighted by Gasteiger charge is 2.21. The van der Waals surface area contributed by atoms with Crippen LogP contribution in [0, 0.1) is 0 Å². The fourth-order valence-corrected chi connectivity index (χ4v) is 1.36. The molecule has 1 rings (SSSR count). The topological polar surface area (TPSA) is 103 Å². The van der Waals surface area contributed by atoms with Crippen molar-refractivity contribution in [3.05, 3.63) is 0 Å². The van der Waals surface area contributed by atoms with Crippen molar-refractivity contribution in [2.24, 2.45) is 0 Å². The van der Waals surface area contributed by atoms with Crippen LogP contribution < -0.4 is 11.1 Å². The van der Waals surface area contributed by atoms with Gasteiger partial charge in [0, 0.05) is 13.1 Å². The number of aliphatic hydroxyl groups is 1. The number of hydrogen-bond acceptors (Lipinski definition) is 6. The Balaban J connectivity index is 2.42. The number of nitrogens with one attached hydrogen (secondary N) is 2. The number of hydrogen-bond donors (Lipinski definition) is 4. The van der Waals surface area contributed by atoms with Gasteiger partial charge in [0.1, 0.15) is 0 Å². The molecule has 1 heterocycles. The van der Waals surface area contributed by atoms with Crippen molar-refractivity contribution in [3.8, 4) is 0 Å². The summed E-state index contributed by atoms with van der Waals surface area (Å²) in [5, 5.41) is 19.2. The zero-order valence-corrected chi connectivity index (χ0v) is 9.28. The van der Waals surface area contributed by atoms with Gasteiger partial charge in [-0.15, -0.1) is 5.10 Å². The SMILES string of the molecule is CN(C)CC(C)(O)CNc1n[nH]c(N)n1. The molecule has 1 atom stereocenters. The van der Waals surface area contributed by atoms with E-state index < -0.39 is 5.60 Å². The summed E-state index contributed by atoms with van der Waals surface area (Å²) in [7, 11) is 3.80. The molecule has 1 unspecified atom stereocenters. The number of H-pyrrole nitrogens is 1. The molecule has 86 valence electrons. The summed E-state index contributed by atoms with van der Waals surface area (Å²) >= 11 is 0. The molecule has 0 bridgehead atoms. The lowest BCUT2D eigenvalue weighted by atomic mass is 10.1. The maximum Gasteiger partial charge on any atom is 0.243 e. The van der Waals surface area contributed by atoms with Crippen molar-refractivity contribution in [1.29, 1.82) is 0 Å². The van der Waals surface area contributed by atoms with Gasteiger partial charge in [-0.3, -0.25) is 0 Å². The van der Waals surface area contributed by atoms with Crippen LogP contribution in [0.3, 0.4) is 0 Å². The minimum Gasteiger partial charge on any atom is -0.387 e. The van der Waals surface area contributed by atoms with Crippen LogP contribution in [-0.2, 0) is 0 Å². The number of nitrogens with two attached hydrogens (primary N) is 1. The number of likely N-dealkylation sites (N-methyl/N-ethyl adjacent to an activating group) is 1. The van der Waals surface area contributed by atoms with E-state index in [0.29, 0.717) is 19.0 Å². The molecule has 0 aliphatic carbocycles. The van der Waals surface area contributed by atoms with Gasteiger partial charge in [-0.1, -0.05) is 0 Å². The van der Waals surface area contributed by atoms with E-state index in [9.17, 15) is 5.11 Å². The van der Waals surface area contributed by atoms with Gasteiger partial charge in [0.2, 0.25) is 11.9 Å². The summed E-state index contributed by atoms with van der Waals surface area (Å²) in [6.45, 7) is 2.67. The van der Waals surface area contributed by atoms with Crippen LogP contribution in [0.2, 0.25) is 0 Å². The van der Waals surface area contributed by atoms with Crippen LogP contribution in [0.1, 0.15) is 6.92 Å². The summed E-state index contributed by atoms with van der Waals surface area (Å²) in [5.41, 5.74) is 4.52. The van der Waals surface area contributed by atoms with Crippen LogP contribution in [-0.4, -0.2) is 58.0 Å². The number of aromatic nitrogens is 3. The Hall–Kier alpha value is -1.34. The standard InChI is InChI=1S/C8H18N6O/c1-8(15,5-14(2)3)4-10-7-11-6(9)12-13-7/h15H,4-5H2,1-3H3,(H4,9,10,11,12,13). The summed E-state index contributed by atoms with van der Waals surface area (Å²) < 4.78 is 0. The van der Waals surface area contributed by atoms with Gasteiger partial charge in [-0.05, 0) is 21.0 Å². The van der Waals surface area contributed by atoms with Gasteiger partial charge < -0.3 is 21.1 Å². The molecule has 0 aliphatic heterocycles. The van der Waals surface area contributed by atoms with Crippen molar-refractivity contribution >= 4 is 11.9 Å². The van der Waals surface area contributed by atoms with Crippen molar-refractivity contribution in [2.75, 3.05) is 38.2 Å². The van der Waals surface area contributed by atoms with Crippen molar-refractivity contribution in [1.82, 2.24) is 20.1 Å². The fraction of sp³-hybridized carbons (Fsp3) is 0.750. The van der Waals surface area contributed by atoms with E-state index in [0.717, 1.165) is 0 Å². The van der Waals surface area contributed by atoms with E-state index in [4.69, 9.17) is 5.73 Å². The second kappa shape index (κ2) is 4.45. The third-order valence-electron chi connectivity index (χ3n) is 1.79. The molecule has 0 spiro atoms. The van der Waals surface area contributed by atoms with Gasteiger partial charge in [-0.2, -0.15) is 4.98 Å². The van der Waals surface area contributed by atoms with Gasteiger partial charge in [0.05, 0.1) is 5.60 Å². The van der Waals surface area contributed by atoms with E-state index in [1.807, 2.05) is 19.0 Å². The molecule has 7 heteroatoms. The smallest absolute Gasteiger partial charge is 0.243 e. The summed E-state index contributed by atoms with van der Waals surface area (Å²) in [6, 6.07) is 0. The molecular formula is C8H18N6O. The van der Waals surface area contributed by atoms with E-state index in [2.05, 4.69) is 20.5 Å². The van der Waals surface area contributed by atoms with Crippen molar-refractivity contribution in [3.63, 3.8) is 0 Å². The molecule has 0 aromatic carbocycles. The van der Waals surface area contributed by atoms with Crippen LogP contribution in [0.5, 0.6) is 0 Å². The third kappa shape index (κ3) is 4.13. The van der Waals surface area contributed by atoms with Crippen LogP contribution in [0.15, 0.2) is 0 Å². The maximum absolute atomic E-state index is 9.95. The lowest BCUT2D eigenvalue weighted by Crippen LogP contribution is -2.43. The Morgan fingerprint density at radius 1 is 1.60 bits per heavy atom. The predicted molar refractivity (Wildman–Crippen MR) is 58.5 cm³/mol. The Morgan fingerprint density at radius 2 is 2.27 bits per heavy atom. The van der Waals surface area contributed by atoms with E-state index in [1.165, 1.54) is 0 Å². The van der Waals surface area contributed by atoms with Gasteiger partial charge in [0.15, 0.2) is 0 Å². The Morgan fingerprint density at radius 3 is 2.73 bits per heavy atom. The largest absolute Gasteiger partial charge is 0.387 e. The minimum absolute atomic E-state index is 0.254. The number of nitrogen functional groups attached to an aromatic ring is 1. The normalized spacial score (nSPS) is 15.3. The Labute approximate surface area is 88.7 Å². The molecular weight excluding hydrogens is 196 g/mol. The molecule has 0 aliphatic rings. The molecule has 5 N–H and O–H groups in total. The highest BCUT2D eigenvalue weighted by Crippen LogP contribution is 2.06. The average molecular weight is 214 g/mol. The zero-order chi connectivity index (χ0) is 11.5. The number of anilines is 2. The molecule has 1 aromatic heterocycles. The maximum atomic E-state index is 9.95. The van der Waals surface area contributed by atoms with Crippen LogP contribution >= 0.6 is 0 Å². The molecule has 7 nitrogen and oxygen atoms in total. The minimum atomic E-state index is -0.834. The highest BCUT2D eigenvalue weighted by atomic mass is 16.3. The lowest BCUT2D eigenvalue weighted by molar-refractivity contribution is 0.0458. The first kappa shape index (κ1) is 11.7. The molecule has 0 saturated carbocycles. The highest BCUT2D eigenvalue weighted by molar-refractivity contribution is 5.30. The van der Waals surface area contributed by atoms with Crippen molar-refractivity contribution < 1.29 is 5.11 Å². The van der Waals surface area contributed by atoms with E-state index in [-0.39, 0.29) is 5.95 Å². The Bertz CT molecular complexity index is 308. The summed E-state index contributed by atoms with van der Waals surface area (Å²) in [5.74, 6) is 0.649. The molecule has 0 amide bonds. The lowest BCUT2D eigenvalue weighted by Gasteiger charge is -2.26. The van der Waals surface area contributed by atoms with E-state index in [1.54, 1.807) is 6.92 Å². The predicted octanol–water partition coefficient (Wildman–Crippen LogP) is -0.889. The average Bonchev–Trinajstić information content (AvgIpc) is 2.46. The zero-order valence-electron chi connectivity index (χ0n) is 9.28. The molecule has 1 aromatic rings. The first-order valence-corrected chi connectivity index (χ1v) is 4.68. The second-order valence-electron chi connectivity index (χ2n) is 4.13. The quantitative estimate of drug-likeness (QED) is 0.507. The Kier molecular flexibility index (Phi) is 3.48. The monoisotopic (exact) mass is 214 g/mol. The number of nitrogens with zero attached hydrogens (tertiary/aromatic N) is 3. The number of rotatable bonds is 5. The molecule has 15 heavy (non-hydrogen) atoms.